The summed E-state index contributed by atoms with van der Waals surface area (Å²) >= 11 is 0. The zero-order chi connectivity index (χ0) is 11.3. The Bertz CT molecular complexity index is 356. The summed E-state index contributed by atoms with van der Waals surface area (Å²) in [6.45, 7) is 1.96. The number of hydrogen-bond donors (Lipinski definition) is 2. The first-order valence-corrected chi connectivity index (χ1v) is 4.90. The molecule has 0 saturated heterocycles. The molecule has 0 aromatic heterocycles. The Kier molecular flexibility index (Phi) is 6.34. The fraction of sp³-hybridized carbons (Fsp3) is 0.364. The molecule has 1 aromatic carbocycles. The molecule has 0 aliphatic heterocycles. The van der Waals surface area contributed by atoms with Gasteiger partial charge in [-0.15, -0.1) is 12.4 Å². The molecule has 3 N–H and O–H groups in total. The first-order chi connectivity index (χ1) is 7.17. The van der Waals surface area contributed by atoms with E-state index in [9.17, 15) is 4.79 Å². The van der Waals surface area contributed by atoms with Gasteiger partial charge in [0.15, 0.2) is 0 Å². The van der Waals surface area contributed by atoms with Crippen molar-refractivity contribution >= 4 is 29.7 Å². The van der Waals surface area contributed by atoms with Crippen molar-refractivity contribution in [2.45, 2.75) is 19.8 Å². The SMILES string of the molecule is CCCC(=O)Nc1ccc(N)cc1OC.Cl. The smallest absolute Gasteiger partial charge is 0.224 e. The molecule has 0 unspecified atom stereocenters. The number of methoxy groups -OCH3 is 1. The van der Waals surface area contributed by atoms with Crippen LogP contribution in [0.2, 0.25) is 0 Å². The van der Waals surface area contributed by atoms with Gasteiger partial charge in [-0.1, -0.05) is 6.92 Å². The lowest BCUT2D eigenvalue weighted by Crippen LogP contribution is -2.11. The number of nitrogens with two attached hydrogens (primary N) is 1. The minimum Gasteiger partial charge on any atom is -0.494 e. The van der Waals surface area contributed by atoms with Crippen LogP contribution < -0.4 is 15.8 Å². The second-order valence-corrected chi connectivity index (χ2v) is 3.26. The zero-order valence-electron chi connectivity index (χ0n) is 9.45. The molecule has 0 radical (unpaired) electrons. The number of nitrogen functional groups attached to an aromatic ring is 1. The third-order valence-corrected chi connectivity index (χ3v) is 1.98. The van der Waals surface area contributed by atoms with Crippen LogP contribution in [0.15, 0.2) is 18.2 Å². The van der Waals surface area contributed by atoms with E-state index < -0.39 is 0 Å². The van der Waals surface area contributed by atoms with E-state index in [-0.39, 0.29) is 18.3 Å². The number of halogens is 1. The summed E-state index contributed by atoms with van der Waals surface area (Å²) < 4.78 is 5.11. The quantitative estimate of drug-likeness (QED) is 0.800. The maximum atomic E-state index is 11.4. The minimum absolute atomic E-state index is 0. The van der Waals surface area contributed by atoms with Crippen LogP contribution in [0.1, 0.15) is 19.8 Å². The van der Waals surface area contributed by atoms with E-state index in [0.717, 1.165) is 6.42 Å². The summed E-state index contributed by atoms with van der Waals surface area (Å²) in [5, 5.41) is 2.77. The number of carbonyl (C=O) groups excluding carboxylic acids is 1. The van der Waals surface area contributed by atoms with E-state index in [1.807, 2.05) is 6.92 Å². The molecule has 0 fully saturated rings. The van der Waals surface area contributed by atoms with Gasteiger partial charge in [0.2, 0.25) is 5.91 Å². The summed E-state index contributed by atoms with van der Waals surface area (Å²) in [6.07, 6.45) is 1.33. The highest BCUT2D eigenvalue weighted by Gasteiger charge is 2.06. The fourth-order valence-corrected chi connectivity index (χ4v) is 1.25. The van der Waals surface area contributed by atoms with Crippen molar-refractivity contribution in [2.24, 2.45) is 0 Å². The highest BCUT2D eigenvalue weighted by atomic mass is 35.5. The van der Waals surface area contributed by atoms with Crippen molar-refractivity contribution in [1.82, 2.24) is 0 Å². The number of ether oxygens (including phenoxy) is 1. The molecular weight excluding hydrogens is 228 g/mol. The van der Waals surface area contributed by atoms with Crippen LogP contribution in [0.5, 0.6) is 5.75 Å². The fourth-order valence-electron chi connectivity index (χ4n) is 1.25. The third kappa shape index (κ3) is 3.98. The van der Waals surface area contributed by atoms with Crippen LogP contribution in [0.25, 0.3) is 0 Å². The highest BCUT2D eigenvalue weighted by molar-refractivity contribution is 5.92. The average Bonchev–Trinajstić information content (AvgIpc) is 2.21. The minimum atomic E-state index is -0.0134. The van der Waals surface area contributed by atoms with Gasteiger partial charge in [-0.05, 0) is 18.6 Å². The number of anilines is 2. The molecule has 4 nitrogen and oxygen atoms in total. The van der Waals surface area contributed by atoms with Gasteiger partial charge in [0, 0.05) is 18.2 Å². The molecule has 0 aliphatic rings. The topological polar surface area (TPSA) is 64.4 Å². The number of carbonyl (C=O) groups is 1. The van der Waals surface area contributed by atoms with E-state index in [2.05, 4.69) is 5.32 Å². The van der Waals surface area contributed by atoms with Gasteiger partial charge >= 0.3 is 0 Å². The second-order valence-electron chi connectivity index (χ2n) is 3.26. The average molecular weight is 245 g/mol. The predicted molar refractivity (Wildman–Crippen MR) is 68.2 cm³/mol. The van der Waals surface area contributed by atoms with E-state index in [1.165, 1.54) is 0 Å². The molecule has 1 rings (SSSR count). The highest BCUT2D eigenvalue weighted by Crippen LogP contribution is 2.26. The first-order valence-electron chi connectivity index (χ1n) is 4.90. The summed E-state index contributed by atoms with van der Waals surface area (Å²) in [6, 6.07) is 5.15. The third-order valence-electron chi connectivity index (χ3n) is 1.98. The number of benzene rings is 1. The Hall–Kier alpha value is -1.42. The zero-order valence-corrected chi connectivity index (χ0v) is 10.3. The summed E-state index contributed by atoms with van der Waals surface area (Å²) in [5.41, 5.74) is 6.87. The summed E-state index contributed by atoms with van der Waals surface area (Å²) in [5.74, 6) is 0.569. The number of rotatable bonds is 4. The molecular formula is C11H17ClN2O2. The molecule has 1 aromatic rings. The molecule has 90 valence electrons. The Morgan fingerprint density at radius 2 is 2.19 bits per heavy atom. The van der Waals surface area contributed by atoms with Gasteiger partial charge in [-0.25, -0.2) is 0 Å². The molecule has 0 atom stereocenters. The van der Waals surface area contributed by atoms with E-state index in [1.54, 1.807) is 25.3 Å². The molecule has 5 heteroatoms. The molecule has 0 spiro atoms. The molecule has 16 heavy (non-hydrogen) atoms. The van der Waals surface area contributed by atoms with Crippen LogP contribution in [0.3, 0.4) is 0 Å². The van der Waals surface area contributed by atoms with Gasteiger partial charge in [0.05, 0.1) is 12.8 Å². The van der Waals surface area contributed by atoms with Gasteiger partial charge in [-0.2, -0.15) is 0 Å². The molecule has 0 bridgehead atoms. The van der Waals surface area contributed by atoms with Crippen LogP contribution in [0.4, 0.5) is 11.4 Å². The Balaban J connectivity index is 0.00000225. The monoisotopic (exact) mass is 244 g/mol. The maximum Gasteiger partial charge on any atom is 0.224 e. The lowest BCUT2D eigenvalue weighted by Gasteiger charge is -2.10. The van der Waals surface area contributed by atoms with Crippen LogP contribution in [0, 0.1) is 0 Å². The maximum absolute atomic E-state index is 11.4. The van der Waals surface area contributed by atoms with Crippen molar-refractivity contribution in [1.29, 1.82) is 0 Å². The van der Waals surface area contributed by atoms with E-state index >= 15 is 0 Å². The second kappa shape index (κ2) is 6.95. The standard InChI is InChI=1S/C11H16N2O2.ClH/c1-3-4-11(14)13-9-6-5-8(12)7-10(9)15-2;/h5-7H,3-4,12H2,1-2H3,(H,13,14);1H. The van der Waals surface area contributed by atoms with Crippen LogP contribution in [-0.2, 0) is 4.79 Å². The molecule has 0 aliphatic carbocycles. The van der Waals surface area contributed by atoms with Crippen molar-refractivity contribution in [2.75, 3.05) is 18.2 Å². The molecule has 0 heterocycles. The van der Waals surface area contributed by atoms with Gasteiger partial charge in [0.25, 0.3) is 0 Å². The van der Waals surface area contributed by atoms with Crippen molar-refractivity contribution in [3.05, 3.63) is 18.2 Å². The largest absolute Gasteiger partial charge is 0.494 e. The molecule has 1 amide bonds. The Morgan fingerprint density at radius 1 is 1.50 bits per heavy atom. The lowest BCUT2D eigenvalue weighted by molar-refractivity contribution is -0.116. The van der Waals surface area contributed by atoms with Crippen LogP contribution >= 0.6 is 12.4 Å². The Morgan fingerprint density at radius 3 is 2.75 bits per heavy atom. The summed E-state index contributed by atoms with van der Waals surface area (Å²) in [7, 11) is 1.55. The van der Waals surface area contributed by atoms with E-state index in [0.29, 0.717) is 23.5 Å². The number of hydrogen-bond acceptors (Lipinski definition) is 3. The Labute approximate surface area is 102 Å². The number of amides is 1. The van der Waals surface area contributed by atoms with Crippen molar-refractivity contribution < 1.29 is 9.53 Å². The van der Waals surface area contributed by atoms with Gasteiger partial charge in [-0.3, -0.25) is 4.79 Å². The number of nitrogens with one attached hydrogen (secondary N) is 1. The molecule has 0 saturated carbocycles. The van der Waals surface area contributed by atoms with E-state index in [4.69, 9.17) is 10.5 Å². The first kappa shape index (κ1) is 14.6. The van der Waals surface area contributed by atoms with Gasteiger partial charge in [0.1, 0.15) is 5.75 Å². The summed E-state index contributed by atoms with van der Waals surface area (Å²) in [4.78, 5) is 11.4. The van der Waals surface area contributed by atoms with Crippen molar-refractivity contribution in [3.8, 4) is 5.75 Å². The van der Waals surface area contributed by atoms with Crippen molar-refractivity contribution in [3.63, 3.8) is 0 Å². The lowest BCUT2D eigenvalue weighted by atomic mass is 10.2. The van der Waals surface area contributed by atoms with Gasteiger partial charge < -0.3 is 15.8 Å². The predicted octanol–water partition coefficient (Wildman–Crippen LogP) is 2.44. The van der Waals surface area contributed by atoms with Crippen LogP contribution in [-0.4, -0.2) is 13.0 Å². The normalized spacial score (nSPS) is 9.12.